The van der Waals surface area contributed by atoms with Gasteiger partial charge in [0.2, 0.25) is 11.8 Å². The zero-order valence-electron chi connectivity index (χ0n) is 18.2. The molecule has 0 radical (unpaired) electrons. The predicted octanol–water partition coefficient (Wildman–Crippen LogP) is 1.99. The highest BCUT2D eigenvalue weighted by Crippen LogP contribution is 2.20. The van der Waals surface area contributed by atoms with Gasteiger partial charge in [0.05, 0.1) is 25.3 Å². The van der Waals surface area contributed by atoms with Gasteiger partial charge in [-0.15, -0.1) is 0 Å². The summed E-state index contributed by atoms with van der Waals surface area (Å²) in [5.74, 6) is 0.297. The summed E-state index contributed by atoms with van der Waals surface area (Å²) in [6.45, 7) is 5.45. The van der Waals surface area contributed by atoms with Crippen LogP contribution in [0.4, 0.5) is 17.2 Å². The number of rotatable bonds is 7. The van der Waals surface area contributed by atoms with Gasteiger partial charge in [-0.05, 0) is 43.7 Å². The van der Waals surface area contributed by atoms with Gasteiger partial charge >= 0.3 is 0 Å². The van der Waals surface area contributed by atoms with Crippen LogP contribution in [-0.4, -0.2) is 72.6 Å². The summed E-state index contributed by atoms with van der Waals surface area (Å²) < 4.78 is 5.39. The zero-order valence-corrected chi connectivity index (χ0v) is 18.2. The van der Waals surface area contributed by atoms with Gasteiger partial charge in [0.25, 0.3) is 0 Å². The molecule has 0 unspecified atom stereocenters. The largest absolute Gasteiger partial charge is 0.378 e. The van der Waals surface area contributed by atoms with Crippen molar-refractivity contribution in [1.29, 1.82) is 0 Å². The molecule has 3 heterocycles. The molecule has 2 N–H and O–H groups in total. The van der Waals surface area contributed by atoms with Crippen molar-refractivity contribution in [2.45, 2.75) is 19.3 Å². The standard InChI is InChI=1S/C23H30N6O3/c30-22(26-19-3-5-20(6-4-19)29-12-14-32-15-13-29)7-11-28-10-1-2-18(17-28)23(31)27-21-16-24-8-9-25-21/h3-6,8-9,16,18H,1-2,7,10-15,17H2,(H,26,30)(H,25,27,31)/t18-/m1/s1. The van der Waals surface area contributed by atoms with Gasteiger partial charge in [0.1, 0.15) is 0 Å². The highest BCUT2D eigenvalue weighted by molar-refractivity contribution is 5.92. The van der Waals surface area contributed by atoms with Crippen LogP contribution in [0.1, 0.15) is 19.3 Å². The molecule has 2 amide bonds. The molecule has 1 atom stereocenters. The Morgan fingerprint density at radius 2 is 1.88 bits per heavy atom. The summed E-state index contributed by atoms with van der Waals surface area (Å²) in [7, 11) is 0. The van der Waals surface area contributed by atoms with Crippen LogP contribution >= 0.6 is 0 Å². The fourth-order valence-electron chi connectivity index (χ4n) is 4.12. The van der Waals surface area contributed by atoms with E-state index in [4.69, 9.17) is 4.74 Å². The topological polar surface area (TPSA) is 99.7 Å². The molecule has 1 aromatic heterocycles. The monoisotopic (exact) mass is 438 g/mol. The minimum absolute atomic E-state index is 0.0183. The maximum absolute atomic E-state index is 12.5. The summed E-state index contributed by atoms with van der Waals surface area (Å²) in [6, 6.07) is 7.95. The normalized spacial score (nSPS) is 19.4. The first-order chi connectivity index (χ1) is 15.7. The van der Waals surface area contributed by atoms with E-state index >= 15 is 0 Å². The van der Waals surface area contributed by atoms with Gasteiger partial charge in [-0.2, -0.15) is 0 Å². The van der Waals surface area contributed by atoms with Crippen molar-refractivity contribution in [3.05, 3.63) is 42.9 Å². The van der Waals surface area contributed by atoms with Gasteiger partial charge in [-0.25, -0.2) is 4.98 Å². The molecule has 32 heavy (non-hydrogen) atoms. The van der Waals surface area contributed by atoms with Crippen LogP contribution in [0.2, 0.25) is 0 Å². The van der Waals surface area contributed by atoms with Crippen molar-refractivity contribution in [3.8, 4) is 0 Å². The molecule has 170 valence electrons. The predicted molar refractivity (Wildman–Crippen MR) is 123 cm³/mol. The van der Waals surface area contributed by atoms with Crippen LogP contribution in [0.15, 0.2) is 42.9 Å². The van der Waals surface area contributed by atoms with Gasteiger partial charge < -0.3 is 25.2 Å². The van der Waals surface area contributed by atoms with Crippen LogP contribution in [0.5, 0.6) is 0 Å². The Hall–Kier alpha value is -3.04. The number of piperidine rings is 1. The smallest absolute Gasteiger partial charge is 0.229 e. The Balaban J connectivity index is 1.21. The Labute approximate surface area is 188 Å². The summed E-state index contributed by atoms with van der Waals surface area (Å²) in [5.41, 5.74) is 1.94. The average molecular weight is 439 g/mol. The van der Waals surface area contributed by atoms with Crippen molar-refractivity contribution in [2.75, 3.05) is 61.5 Å². The highest BCUT2D eigenvalue weighted by Gasteiger charge is 2.26. The molecular formula is C23H30N6O3. The van der Waals surface area contributed by atoms with Crippen molar-refractivity contribution in [3.63, 3.8) is 0 Å². The first-order valence-corrected chi connectivity index (χ1v) is 11.2. The molecule has 9 heteroatoms. The molecule has 9 nitrogen and oxygen atoms in total. The molecule has 2 aliphatic heterocycles. The van der Waals surface area contributed by atoms with Gasteiger partial charge in [0.15, 0.2) is 5.82 Å². The highest BCUT2D eigenvalue weighted by atomic mass is 16.5. The number of likely N-dealkylation sites (tertiary alicyclic amines) is 1. The fraction of sp³-hybridized carbons (Fsp3) is 0.478. The number of hydrogen-bond donors (Lipinski definition) is 2. The minimum Gasteiger partial charge on any atom is -0.378 e. The molecule has 2 aromatic rings. The molecule has 2 saturated heterocycles. The number of ether oxygens (including phenoxy) is 1. The molecular weight excluding hydrogens is 408 g/mol. The molecule has 4 rings (SSSR count). The number of morpholine rings is 1. The number of carbonyl (C=O) groups is 2. The van der Waals surface area contributed by atoms with Crippen molar-refractivity contribution in [1.82, 2.24) is 14.9 Å². The molecule has 0 saturated carbocycles. The van der Waals surface area contributed by atoms with E-state index in [2.05, 4.69) is 30.4 Å². The number of carbonyl (C=O) groups excluding carboxylic acids is 2. The Morgan fingerprint density at radius 3 is 2.62 bits per heavy atom. The Bertz CT molecular complexity index is 886. The Kier molecular flexibility index (Phi) is 7.63. The van der Waals surface area contributed by atoms with Gasteiger partial charge in [-0.1, -0.05) is 0 Å². The van der Waals surface area contributed by atoms with Gasteiger partial charge in [-0.3, -0.25) is 14.6 Å². The molecule has 2 aliphatic rings. The van der Waals surface area contributed by atoms with E-state index in [0.717, 1.165) is 57.1 Å². The van der Waals surface area contributed by atoms with Crippen LogP contribution in [0.25, 0.3) is 0 Å². The number of anilines is 3. The lowest BCUT2D eigenvalue weighted by atomic mass is 9.97. The lowest BCUT2D eigenvalue weighted by molar-refractivity contribution is -0.121. The molecule has 0 spiro atoms. The summed E-state index contributed by atoms with van der Waals surface area (Å²) in [5, 5.41) is 5.80. The second-order valence-corrected chi connectivity index (χ2v) is 8.16. The van der Waals surface area contributed by atoms with Crippen molar-refractivity contribution >= 4 is 29.0 Å². The second kappa shape index (κ2) is 11.0. The lowest BCUT2D eigenvalue weighted by Crippen LogP contribution is -2.41. The summed E-state index contributed by atoms with van der Waals surface area (Å²) in [6.07, 6.45) is 6.83. The lowest BCUT2D eigenvalue weighted by Gasteiger charge is -2.31. The third-order valence-corrected chi connectivity index (χ3v) is 5.87. The first kappa shape index (κ1) is 22.2. The molecule has 2 fully saturated rings. The van der Waals surface area contributed by atoms with E-state index in [1.54, 1.807) is 12.4 Å². The van der Waals surface area contributed by atoms with Crippen LogP contribution < -0.4 is 15.5 Å². The second-order valence-electron chi connectivity index (χ2n) is 8.16. The van der Waals surface area contributed by atoms with E-state index in [0.29, 0.717) is 25.3 Å². The van der Waals surface area contributed by atoms with E-state index in [-0.39, 0.29) is 17.7 Å². The number of benzene rings is 1. The van der Waals surface area contributed by atoms with Gasteiger partial charge in [0, 0.05) is 56.4 Å². The SMILES string of the molecule is O=C(CCN1CCC[C@@H](C(=O)Nc2cnccn2)C1)Nc1ccc(N2CCOCC2)cc1. The minimum atomic E-state index is -0.110. The van der Waals surface area contributed by atoms with Crippen LogP contribution in [0, 0.1) is 5.92 Å². The van der Waals surface area contributed by atoms with E-state index in [1.807, 2.05) is 24.3 Å². The third-order valence-electron chi connectivity index (χ3n) is 5.87. The first-order valence-electron chi connectivity index (χ1n) is 11.2. The maximum atomic E-state index is 12.5. The number of nitrogens with one attached hydrogen (secondary N) is 2. The quantitative estimate of drug-likeness (QED) is 0.682. The van der Waals surface area contributed by atoms with E-state index in [1.165, 1.54) is 6.20 Å². The van der Waals surface area contributed by atoms with Crippen LogP contribution in [-0.2, 0) is 14.3 Å². The molecule has 1 aromatic carbocycles. The number of aromatic nitrogens is 2. The maximum Gasteiger partial charge on any atom is 0.229 e. The van der Waals surface area contributed by atoms with Crippen LogP contribution in [0.3, 0.4) is 0 Å². The molecule has 0 aliphatic carbocycles. The van der Waals surface area contributed by atoms with E-state index < -0.39 is 0 Å². The van der Waals surface area contributed by atoms with Crippen molar-refractivity contribution < 1.29 is 14.3 Å². The summed E-state index contributed by atoms with van der Waals surface area (Å²) >= 11 is 0. The Morgan fingerprint density at radius 1 is 1.06 bits per heavy atom. The average Bonchev–Trinajstić information content (AvgIpc) is 2.84. The molecule has 0 bridgehead atoms. The van der Waals surface area contributed by atoms with Crippen molar-refractivity contribution in [2.24, 2.45) is 5.92 Å². The number of hydrogen-bond acceptors (Lipinski definition) is 7. The number of nitrogens with zero attached hydrogens (tertiary/aromatic N) is 4. The number of amides is 2. The van der Waals surface area contributed by atoms with E-state index in [9.17, 15) is 9.59 Å². The zero-order chi connectivity index (χ0) is 22.2. The summed E-state index contributed by atoms with van der Waals surface area (Å²) in [4.78, 5) is 37.5. The third kappa shape index (κ3) is 6.24. The fourth-order valence-corrected chi connectivity index (χ4v) is 4.12.